The first-order valence-corrected chi connectivity index (χ1v) is 23.8. The van der Waals surface area contributed by atoms with Crippen LogP contribution in [0.25, 0.3) is 103 Å². The quantitative estimate of drug-likeness (QED) is 0.148. The summed E-state index contributed by atoms with van der Waals surface area (Å²) in [7, 11) is 0. The SMILES string of the molecule is c1ccc(-c2cccc3cccc(-c4ccccc4N(c4ccccc4-c4cccc5sc6ccccc6c45)c4ccccc4-c4cccc5c6ccccc6n(-c6ccccc6)c45)c23)cc1. The van der Waals surface area contributed by atoms with Gasteiger partial charge in [0.05, 0.1) is 28.1 Å². The molecule has 0 atom stereocenters. The van der Waals surface area contributed by atoms with Gasteiger partial charge >= 0.3 is 0 Å². The van der Waals surface area contributed by atoms with Crippen LogP contribution >= 0.6 is 11.3 Å². The predicted octanol–water partition coefficient (Wildman–Crippen LogP) is 18.4. The van der Waals surface area contributed by atoms with E-state index in [4.69, 9.17) is 0 Å². The summed E-state index contributed by atoms with van der Waals surface area (Å²) in [5.74, 6) is 0. The number of thiophene rings is 1. The number of rotatable bonds is 8. The van der Waals surface area contributed by atoms with E-state index in [1.165, 1.54) is 80.6 Å². The second-order valence-electron chi connectivity index (χ2n) is 17.1. The average molecular weight is 871 g/mol. The van der Waals surface area contributed by atoms with Gasteiger partial charge in [0.15, 0.2) is 0 Å². The monoisotopic (exact) mass is 870 g/mol. The highest BCUT2D eigenvalue weighted by Gasteiger charge is 2.26. The average Bonchev–Trinajstić information content (AvgIpc) is 3.96. The van der Waals surface area contributed by atoms with Gasteiger partial charge in [-0.25, -0.2) is 0 Å². The Kier molecular flexibility index (Phi) is 9.40. The van der Waals surface area contributed by atoms with Crippen molar-refractivity contribution >= 4 is 81.1 Å². The number of nitrogens with zero attached hydrogens (tertiary/aromatic N) is 2. The van der Waals surface area contributed by atoms with Gasteiger partial charge < -0.3 is 9.47 Å². The summed E-state index contributed by atoms with van der Waals surface area (Å²) in [6, 6.07) is 93.4. The molecule has 0 bridgehead atoms. The van der Waals surface area contributed by atoms with Crippen molar-refractivity contribution in [3.05, 3.63) is 255 Å². The maximum atomic E-state index is 2.55. The van der Waals surface area contributed by atoms with Crippen molar-refractivity contribution < 1.29 is 0 Å². The molecule has 13 rings (SSSR count). The standard InChI is InChI=1S/C64H42N2S/c1-3-21-43(22-4-1)46-32-17-23-44-24-18-33-51(62(44)46)47-27-7-13-38-57(47)66(58-39-14-8-28-48(58)52-34-20-42-61-63(52)55-31-11-16-41-60(55)67-61)59-40-15-10-30-50(59)54-36-19-35-53-49-29-9-12-37-56(49)65(64(53)54)45-25-5-2-6-26-45/h1-42H. The summed E-state index contributed by atoms with van der Waals surface area (Å²) in [5, 5.41) is 7.46. The molecule has 0 spiro atoms. The van der Waals surface area contributed by atoms with Crippen molar-refractivity contribution in [1.82, 2.24) is 4.57 Å². The highest BCUT2D eigenvalue weighted by atomic mass is 32.1. The molecule has 11 aromatic carbocycles. The highest BCUT2D eigenvalue weighted by molar-refractivity contribution is 7.25. The van der Waals surface area contributed by atoms with Crippen LogP contribution in [0.5, 0.6) is 0 Å². The van der Waals surface area contributed by atoms with Gasteiger partial charge in [0.1, 0.15) is 0 Å². The van der Waals surface area contributed by atoms with Gasteiger partial charge in [-0.05, 0) is 81.6 Å². The molecule has 314 valence electrons. The third kappa shape index (κ3) is 6.39. The number of aromatic nitrogens is 1. The van der Waals surface area contributed by atoms with Crippen LogP contribution in [0.2, 0.25) is 0 Å². The molecule has 0 fully saturated rings. The highest BCUT2D eigenvalue weighted by Crippen LogP contribution is 2.52. The Morgan fingerprint density at radius 1 is 0.299 bits per heavy atom. The van der Waals surface area contributed by atoms with E-state index in [1.807, 2.05) is 11.3 Å². The minimum absolute atomic E-state index is 1.09. The van der Waals surface area contributed by atoms with Gasteiger partial charge in [-0.1, -0.05) is 206 Å². The lowest BCUT2D eigenvalue weighted by molar-refractivity contribution is 1.18. The number of hydrogen-bond acceptors (Lipinski definition) is 2. The Morgan fingerprint density at radius 2 is 0.761 bits per heavy atom. The summed E-state index contributed by atoms with van der Waals surface area (Å²) in [6.45, 7) is 0. The molecule has 0 radical (unpaired) electrons. The van der Waals surface area contributed by atoms with E-state index in [0.29, 0.717) is 0 Å². The summed E-state index contributed by atoms with van der Waals surface area (Å²) in [6.07, 6.45) is 0. The van der Waals surface area contributed by atoms with E-state index in [2.05, 4.69) is 264 Å². The van der Waals surface area contributed by atoms with Crippen LogP contribution in [0.4, 0.5) is 17.1 Å². The smallest absolute Gasteiger partial charge is 0.0620 e. The van der Waals surface area contributed by atoms with Crippen LogP contribution < -0.4 is 4.90 Å². The van der Waals surface area contributed by atoms with Crippen molar-refractivity contribution in [3.8, 4) is 50.2 Å². The van der Waals surface area contributed by atoms with Crippen molar-refractivity contribution in [2.75, 3.05) is 4.90 Å². The molecule has 0 saturated carbocycles. The van der Waals surface area contributed by atoms with Crippen LogP contribution in [-0.4, -0.2) is 4.57 Å². The van der Waals surface area contributed by atoms with Gasteiger partial charge in [0.25, 0.3) is 0 Å². The summed E-state index contributed by atoms with van der Waals surface area (Å²) in [5.41, 5.74) is 16.2. The van der Waals surface area contributed by atoms with Crippen molar-refractivity contribution in [1.29, 1.82) is 0 Å². The number of para-hydroxylation sites is 6. The first-order valence-electron chi connectivity index (χ1n) is 22.9. The lowest BCUT2D eigenvalue weighted by atomic mass is 9.90. The molecule has 0 aliphatic carbocycles. The Bertz CT molecular complexity index is 3990. The molecule has 0 amide bonds. The zero-order valence-electron chi connectivity index (χ0n) is 36.6. The fraction of sp³-hybridized carbons (Fsp3) is 0. The van der Waals surface area contributed by atoms with Gasteiger partial charge in [0.2, 0.25) is 0 Å². The number of fused-ring (bicyclic) bond motifs is 7. The topological polar surface area (TPSA) is 8.17 Å². The van der Waals surface area contributed by atoms with Crippen molar-refractivity contribution in [3.63, 3.8) is 0 Å². The minimum Gasteiger partial charge on any atom is -0.309 e. The van der Waals surface area contributed by atoms with Crippen molar-refractivity contribution in [2.24, 2.45) is 0 Å². The number of benzene rings is 11. The summed E-state index contributed by atoms with van der Waals surface area (Å²) < 4.78 is 5.03. The fourth-order valence-electron chi connectivity index (χ4n) is 10.6. The maximum Gasteiger partial charge on any atom is 0.0620 e. The van der Waals surface area contributed by atoms with E-state index in [-0.39, 0.29) is 0 Å². The molecule has 67 heavy (non-hydrogen) atoms. The minimum atomic E-state index is 1.09. The van der Waals surface area contributed by atoms with E-state index in [9.17, 15) is 0 Å². The van der Waals surface area contributed by atoms with Gasteiger partial charge in [-0.15, -0.1) is 11.3 Å². The summed E-state index contributed by atoms with van der Waals surface area (Å²) in [4.78, 5) is 2.55. The first-order chi connectivity index (χ1) is 33.3. The molecule has 0 aliphatic rings. The third-order valence-corrected chi connectivity index (χ3v) is 14.5. The zero-order chi connectivity index (χ0) is 44.3. The molecule has 0 N–H and O–H groups in total. The Hall–Kier alpha value is -8.50. The van der Waals surface area contributed by atoms with Gasteiger partial charge in [-0.2, -0.15) is 0 Å². The third-order valence-electron chi connectivity index (χ3n) is 13.4. The molecule has 0 unspecified atom stereocenters. The molecule has 13 aromatic rings. The van der Waals surface area contributed by atoms with Gasteiger partial charge in [-0.3, -0.25) is 0 Å². The Balaban J connectivity index is 1.14. The molecule has 2 aromatic heterocycles. The molecule has 2 nitrogen and oxygen atoms in total. The maximum absolute atomic E-state index is 2.55. The lowest BCUT2D eigenvalue weighted by Gasteiger charge is -2.32. The number of anilines is 3. The van der Waals surface area contributed by atoms with Crippen LogP contribution in [0, 0.1) is 0 Å². The van der Waals surface area contributed by atoms with E-state index >= 15 is 0 Å². The van der Waals surface area contributed by atoms with E-state index < -0.39 is 0 Å². The second-order valence-corrected chi connectivity index (χ2v) is 18.2. The Morgan fingerprint density at radius 3 is 1.46 bits per heavy atom. The zero-order valence-corrected chi connectivity index (χ0v) is 37.4. The molecular weight excluding hydrogens is 829 g/mol. The van der Waals surface area contributed by atoms with Crippen LogP contribution in [0.3, 0.4) is 0 Å². The molecular formula is C64H42N2S. The first kappa shape index (κ1) is 38.9. The van der Waals surface area contributed by atoms with Crippen LogP contribution in [0.15, 0.2) is 255 Å². The molecule has 0 aliphatic heterocycles. The fourth-order valence-corrected chi connectivity index (χ4v) is 11.7. The van der Waals surface area contributed by atoms with E-state index in [1.54, 1.807) is 0 Å². The molecule has 2 heterocycles. The summed E-state index contributed by atoms with van der Waals surface area (Å²) >= 11 is 1.86. The molecule has 3 heteroatoms. The normalized spacial score (nSPS) is 11.6. The van der Waals surface area contributed by atoms with Crippen LogP contribution in [-0.2, 0) is 0 Å². The Labute approximate surface area is 393 Å². The molecule has 0 saturated heterocycles. The van der Waals surface area contributed by atoms with Crippen molar-refractivity contribution in [2.45, 2.75) is 0 Å². The lowest BCUT2D eigenvalue weighted by Crippen LogP contribution is -2.14. The number of hydrogen-bond donors (Lipinski definition) is 0. The van der Waals surface area contributed by atoms with E-state index in [0.717, 1.165) is 39.4 Å². The predicted molar refractivity (Wildman–Crippen MR) is 288 cm³/mol. The van der Waals surface area contributed by atoms with Gasteiger partial charge in [0, 0.05) is 58.9 Å². The largest absolute Gasteiger partial charge is 0.309 e. The second kappa shape index (κ2) is 16.2. The van der Waals surface area contributed by atoms with Crippen LogP contribution in [0.1, 0.15) is 0 Å².